The standard InChI is InChI=1S/C40H64N6O10/c1-10-11-18-40(41,22-48)34(52)27(19-23(2)3)43-38(56)33(39(7,8)9)46-35(53)28(20-26-15-13-12-14-25(26)6)44-37(55)32(24(4)5)45-36(54)29(21-47)42-30(49)16-17-31(50)51/h12-15,22-24,27-29,32-33,47H,10-11,16-21,41H2,1-9H3,(H,42,49)(H,43,56)(H,44,55)(H,45,54)(H,46,53)(H,50,51)/t27-,28-,29-,32+,33+,40?/m0/s1. The number of aliphatic hydroxyl groups is 1. The van der Waals surface area contributed by atoms with Crippen LogP contribution in [0.5, 0.6) is 0 Å². The first kappa shape index (κ1) is 49.3. The summed E-state index contributed by atoms with van der Waals surface area (Å²) in [7, 11) is 0. The molecule has 1 aromatic carbocycles. The molecule has 0 aliphatic carbocycles. The Kier molecular flexibility index (Phi) is 20.0. The third-order valence-electron chi connectivity index (χ3n) is 9.33. The molecule has 1 aromatic rings. The second-order valence-corrected chi connectivity index (χ2v) is 16.2. The number of unbranched alkanes of at least 4 members (excludes halogenated alkanes) is 1. The minimum Gasteiger partial charge on any atom is -0.481 e. The Morgan fingerprint density at radius 1 is 0.804 bits per heavy atom. The van der Waals surface area contributed by atoms with E-state index < -0.39 is 108 Å². The molecule has 0 aliphatic heterocycles. The van der Waals surface area contributed by atoms with Crippen molar-refractivity contribution >= 4 is 47.6 Å². The fraction of sp³-hybridized carbons (Fsp3) is 0.650. The van der Waals surface area contributed by atoms with Crippen molar-refractivity contribution in [3.8, 4) is 0 Å². The van der Waals surface area contributed by atoms with Crippen LogP contribution in [0.1, 0.15) is 105 Å². The molecule has 1 unspecified atom stereocenters. The molecule has 56 heavy (non-hydrogen) atoms. The maximum Gasteiger partial charge on any atom is 0.303 e. The van der Waals surface area contributed by atoms with E-state index in [9.17, 15) is 43.5 Å². The van der Waals surface area contributed by atoms with Gasteiger partial charge >= 0.3 is 5.97 Å². The number of carbonyl (C=O) groups excluding carboxylic acids is 7. The highest BCUT2D eigenvalue weighted by Gasteiger charge is 2.42. The summed E-state index contributed by atoms with van der Waals surface area (Å²) < 4.78 is 0. The number of carboxylic acid groups (broad SMARTS) is 1. The maximum absolute atomic E-state index is 14.2. The summed E-state index contributed by atoms with van der Waals surface area (Å²) in [6.07, 6.45) is 0.990. The molecule has 0 bridgehead atoms. The third kappa shape index (κ3) is 15.8. The van der Waals surface area contributed by atoms with Gasteiger partial charge in [-0.15, -0.1) is 0 Å². The SMILES string of the molecule is CCCCC(N)(C=O)C(=O)[C@H](CC(C)C)NC(=O)[C@@H](NC(=O)[C@H](Cc1ccccc1C)NC(=O)[C@H](NC(=O)[C@H](CO)NC(=O)CCC(=O)O)C(C)C)C(C)(C)C. The largest absolute Gasteiger partial charge is 0.481 e. The van der Waals surface area contributed by atoms with E-state index in [0.29, 0.717) is 24.7 Å². The van der Waals surface area contributed by atoms with Crippen LogP contribution in [-0.2, 0) is 44.8 Å². The fourth-order valence-electron chi connectivity index (χ4n) is 5.91. The van der Waals surface area contributed by atoms with Crippen molar-refractivity contribution < 1.29 is 48.6 Å². The number of hydrogen-bond acceptors (Lipinski definition) is 10. The van der Waals surface area contributed by atoms with Crippen LogP contribution < -0.4 is 32.3 Å². The lowest BCUT2D eigenvalue weighted by Crippen LogP contribution is -2.63. The molecule has 16 heteroatoms. The van der Waals surface area contributed by atoms with Gasteiger partial charge in [0, 0.05) is 12.8 Å². The molecule has 0 aromatic heterocycles. The van der Waals surface area contributed by atoms with Crippen LogP contribution in [-0.4, -0.2) is 100 Å². The van der Waals surface area contributed by atoms with Crippen molar-refractivity contribution in [2.45, 2.75) is 143 Å². The lowest BCUT2D eigenvalue weighted by molar-refractivity contribution is -0.139. The second kappa shape index (κ2) is 22.8. The molecule has 0 heterocycles. The number of aliphatic carboxylic acids is 1. The molecular formula is C40H64N6O10. The number of amides is 5. The van der Waals surface area contributed by atoms with Gasteiger partial charge in [-0.3, -0.25) is 33.6 Å². The van der Waals surface area contributed by atoms with Crippen molar-refractivity contribution in [1.82, 2.24) is 26.6 Å². The van der Waals surface area contributed by atoms with Crippen molar-refractivity contribution in [2.24, 2.45) is 23.0 Å². The fourth-order valence-corrected chi connectivity index (χ4v) is 5.91. The smallest absolute Gasteiger partial charge is 0.303 e. The number of Topliss-reactive ketones (excluding diaryl/α,β-unsaturated/α-hetero) is 1. The molecule has 0 fully saturated rings. The Bertz CT molecular complexity index is 1540. The molecule has 0 radical (unpaired) electrons. The predicted molar refractivity (Wildman–Crippen MR) is 210 cm³/mol. The highest BCUT2D eigenvalue weighted by molar-refractivity contribution is 6.07. The summed E-state index contributed by atoms with van der Waals surface area (Å²) in [5.74, 6) is -6.37. The lowest BCUT2D eigenvalue weighted by atomic mass is 9.82. The molecule has 314 valence electrons. The van der Waals surface area contributed by atoms with E-state index >= 15 is 0 Å². The Hall–Kier alpha value is -4.70. The zero-order valence-corrected chi connectivity index (χ0v) is 34.3. The van der Waals surface area contributed by atoms with Gasteiger partial charge in [0.2, 0.25) is 29.5 Å². The van der Waals surface area contributed by atoms with Crippen LogP contribution in [0.2, 0.25) is 0 Å². The highest BCUT2D eigenvalue weighted by Crippen LogP contribution is 2.22. The van der Waals surface area contributed by atoms with Gasteiger partial charge < -0.3 is 47.3 Å². The number of hydrogen-bond donors (Lipinski definition) is 8. The van der Waals surface area contributed by atoms with Gasteiger partial charge in [0.05, 0.1) is 19.1 Å². The van der Waals surface area contributed by atoms with Crippen LogP contribution >= 0.6 is 0 Å². The van der Waals surface area contributed by atoms with Gasteiger partial charge in [-0.1, -0.05) is 92.5 Å². The number of nitrogens with two attached hydrogens (primary N) is 1. The Balaban J connectivity index is 3.47. The molecule has 6 atom stereocenters. The van der Waals surface area contributed by atoms with Crippen LogP contribution in [0.4, 0.5) is 0 Å². The van der Waals surface area contributed by atoms with Crippen LogP contribution in [0, 0.1) is 24.2 Å². The number of aliphatic hydroxyl groups excluding tert-OH is 1. The lowest BCUT2D eigenvalue weighted by Gasteiger charge is -2.35. The normalized spacial score (nSPS) is 15.3. The molecular weight excluding hydrogens is 724 g/mol. The Labute approximate surface area is 330 Å². The summed E-state index contributed by atoms with van der Waals surface area (Å²) >= 11 is 0. The zero-order valence-electron chi connectivity index (χ0n) is 34.3. The summed E-state index contributed by atoms with van der Waals surface area (Å²) in [6.45, 7) is 15.0. The molecule has 16 nitrogen and oxygen atoms in total. The first-order valence-electron chi connectivity index (χ1n) is 19.2. The average Bonchev–Trinajstić information content (AvgIpc) is 3.11. The van der Waals surface area contributed by atoms with Gasteiger partial charge in [-0.25, -0.2) is 0 Å². The van der Waals surface area contributed by atoms with Gasteiger partial charge in [0.1, 0.15) is 36.0 Å². The molecule has 1 rings (SSSR count). The van der Waals surface area contributed by atoms with Gasteiger partial charge in [-0.05, 0) is 48.1 Å². The van der Waals surface area contributed by atoms with Crippen molar-refractivity contribution in [3.05, 3.63) is 35.4 Å². The van der Waals surface area contributed by atoms with E-state index in [1.54, 1.807) is 46.8 Å². The molecule has 0 spiro atoms. The molecule has 0 aliphatic rings. The van der Waals surface area contributed by atoms with Crippen LogP contribution in [0.15, 0.2) is 24.3 Å². The first-order valence-corrected chi connectivity index (χ1v) is 19.2. The Morgan fingerprint density at radius 3 is 1.89 bits per heavy atom. The number of carboxylic acids is 1. The predicted octanol–water partition coefficient (Wildman–Crippen LogP) is 1.22. The molecule has 0 saturated carbocycles. The van der Waals surface area contributed by atoms with Gasteiger partial charge in [-0.2, -0.15) is 0 Å². The van der Waals surface area contributed by atoms with E-state index in [4.69, 9.17) is 10.8 Å². The Morgan fingerprint density at radius 2 is 1.39 bits per heavy atom. The quantitative estimate of drug-likeness (QED) is 0.0546. The number of rotatable bonds is 24. The minimum atomic E-state index is -1.81. The average molecular weight is 789 g/mol. The number of carbonyl (C=O) groups is 8. The maximum atomic E-state index is 14.2. The van der Waals surface area contributed by atoms with Crippen molar-refractivity contribution in [3.63, 3.8) is 0 Å². The number of benzene rings is 1. The zero-order chi connectivity index (χ0) is 43.0. The summed E-state index contributed by atoms with van der Waals surface area (Å²) in [6, 6.07) is 0.806. The number of aryl methyl sites for hydroxylation is 1. The second-order valence-electron chi connectivity index (χ2n) is 16.2. The van der Waals surface area contributed by atoms with E-state index in [1.807, 2.05) is 39.8 Å². The minimum absolute atomic E-state index is 0.0126. The van der Waals surface area contributed by atoms with Crippen molar-refractivity contribution in [1.29, 1.82) is 0 Å². The van der Waals surface area contributed by atoms with E-state index in [2.05, 4.69) is 26.6 Å². The van der Waals surface area contributed by atoms with E-state index in [0.717, 1.165) is 5.56 Å². The summed E-state index contributed by atoms with van der Waals surface area (Å²) in [5, 5.41) is 31.7. The topological polar surface area (TPSA) is 263 Å². The summed E-state index contributed by atoms with van der Waals surface area (Å²) in [4.78, 5) is 104. The van der Waals surface area contributed by atoms with Crippen molar-refractivity contribution in [2.75, 3.05) is 6.61 Å². The molecule has 5 amide bonds. The highest BCUT2D eigenvalue weighted by atomic mass is 16.4. The third-order valence-corrected chi connectivity index (χ3v) is 9.33. The van der Waals surface area contributed by atoms with Crippen LogP contribution in [0.3, 0.4) is 0 Å². The van der Waals surface area contributed by atoms with Gasteiger partial charge in [0.15, 0.2) is 5.78 Å². The number of ketones is 1. The number of aldehydes is 1. The molecule has 0 saturated heterocycles. The first-order chi connectivity index (χ1) is 26.0. The van der Waals surface area contributed by atoms with E-state index in [-0.39, 0.29) is 25.2 Å². The summed E-state index contributed by atoms with van der Waals surface area (Å²) in [5.41, 5.74) is 5.09. The van der Waals surface area contributed by atoms with Crippen LogP contribution in [0.25, 0.3) is 0 Å². The van der Waals surface area contributed by atoms with E-state index in [1.165, 1.54) is 0 Å². The number of nitrogens with one attached hydrogen (secondary N) is 5. The monoisotopic (exact) mass is 788 g/mol. The van der Waals surface area contributed by atoms with Gasteiger partial charge in [0.25, 0.3) is 0 Å². The molecule has 9 N–H and O–H groups in total.